The van der Waals surface area contributed by atoms with Crippen molar-refractivity contribution < 1.29 is 40.3 Å². The smallest absolute Gasteiger partial charge is 0.317 e. The molecule has 0 radical (unpaired) electrons. The highest BCUT2D eigenvalue weighted by molar-refractivity contribution is 7.86. The molecular weight excluding hydrogens is 304 g/mol. The Bertz CT molecular complexity index is 495. The van der Waals surface area contributed by atoms with E-state index in [0.29, 0.717) is 0 Å². The normalized spacial score (nSPS) is 15.6. The van der Waals surface area contributed by atoms with Crippen LogP contribution in [0.5, 0.6) is 0 Å². The molecule has 0 aliphatic carbocycles. The lowest BCUT2D eigenvalue weighted by Gasteiger charge is -2.11. The Labute approximate surface area is 110 Å². The molecule has 0 aliphatic heterocycles. The highest BCUT2D eigenvalue weighted by atomic mass is 32.2. The van der Waals surface area contributed by atoms with Gasteiger partial charge in [0.15, 0.2) is 0 Å². The molecule has 0 rings (SSSR count). The van der Waals surface area contributed by atoms with Crippen LogP contribution in [0, 0.1) is 11.8 Å². The monoisotopic (exact) mass is 318 g/mol. The Kier molecular flexibility index (Phi) is 6.06. The summed E-state index contributed by atoms with van der Waals surface area (Å²) in [6.45, 7) is 2.22. The predicted molar refractivity (Wildman–Crippen MR) is 62.3 cm³/mol. The van der Waals surface area contributed by atoms with Gasteiger partial charge >= 0.3 is 11.9 Å². The molecule has 0 heterocycles. The molecule has 2 N–H and O–H groups in total. The van der Waals surface area contributed by atoms with Gasteiger partial charge in [-0.3, -0.25) is 18.7 Å². The maximum atomic E-state index is 11.3. The zero-order valence-corrected chi connectivity index (χ0v) is 11.8. The maximum Gasteiger partial charge on any atom is 0.317 e. The lowest BCUT2D eigenvalue weighted by molar-refractivity contribution is -0.164. The number of carbonyl (C=O) groups excluding carboxylic acids is 2. The van der Waals surface area contributed by atoms with Crippen LogP contribution in [-0.4, -0.2) is 49.4 Å². The molecule has 112 valence electrons. The zero-order valence-electron chi connectivity index (χ0n) is 10.1. The van der Waals surface area contributed by atoms with E-state index in [4.69, 9.17) is 9.11 Å². The Hall–Kier alpha value is -1.04. The number of rotatable bonds is 6. The van der Waals surface area contributed by atoms with E-state index in [1.54, 1.807) is 0 Å². The molecule has 0 spiro atoms. The summed E-state index contributed by atoms with van der Waals surface area (Å²) in [6, 6.07) is 0. The van der Waals surface area contributed by atoms with Gasteiger partial charge in [0.2, 0.25) is 0 Å². The minimum atomic E-state index is -4.40. The van der Waals surface area contributed by atoms with Gasteiger partial charge < -0.3 is 4.74 Å². The molecule has 2 atom stereocenters. The molecule has 0 aliphatic rings. The van der Waals surface area contributed by atoms with Crippen LogP contribution in [0.1, 0.15) is 13.8 Å². The molecule has 0 fully saturated rings. The fourth-order valence-electron chi connectivity index (χ4n) is 1.07. The summed E-state index contributed by atoms with van der Waals surface area (Å²) in [5.74, 6) is -6.87. The largest absolute Gasteiger partial charge is 0.393 e. The standard InChI is InChI=1S/C8H14O9S2/c1-5(3-18(11,12)13)7(9)17-8(10)6(2)4-19(14,15)16/h5-6H,3-4H2,1-2H3,(H,11,12,13)(H,14,15,16). The molecule has 11 heteroatoms. The van der Waals surface area contributed by atoms with Gasteiger partial charge in [-0.15, -0.1) is 0 Å². The van der Waals surface area contributed by atoms with Crippen molar-refractivity contribution in [1.29, 1.82) is 0 Å². The summed E-state index contributed by atoms with van der Waals surface area (Å²) >= 11 is 0. The Morgan fingerprint density at radius 3 is 1.37 bits per heavy atom. The summed E-state index contributed by atoms with van der Waals surface area (Å²) in [6.07, 6.45) is 0. The van der Waals surface area contributed by atoms with Crippen molar-refractivity contribution in [1.82, 2.24) is 0 Å². The van der Waals surface area contributed by atoms with Crippen molar-refractivity contribution >= 4 is 32.2 Å². The van der Waals surface area contributed by atoms with Gasteiger partial charge in [-0.25, -0.2) is 0 Å². The van der Waals surface area contributed by atoms with Crippen LogP contribution in [0.2, 0.25) is 0 Å². The van der Waals surface area contributed by atoms with Gasteiger partial charge in [-0.05, 0) is 0 Å². The summed E-state index contributed by atoms with van der Waals surface area (Å²) < 4.78 is 63.3. The minimum absolute atomic E-state index is 0.925. The van der Waals surface area contributed by atoms with E-state index in [9.17, 15) is 26.4 Å². The average Bonchev–Trinajstić information content (AvgIpc) is 2.11. The summed E-state index contributed by atoms with van der Waals surface area (Å²) in [5.41, 5.74) is 0. The first-order valence-corrected chi connectivity index (χ1v) is 8.19. The zero-order chi connectivity index (χ0) is 15.4. The lowest BCUT2D eigenvalue weighted by atomic mass is 10.2. The van der Waals surface area contributed by atoms with E-state index >= 15 is 0 Å². The second kappa shape index (κ2) is 6.41. The van der Waals surface area contributed by atoms with Crippen molar-refractivity contribution in [2.45, 2.75) is 13.8 Å². The molecule has 0 bridgehead atoms. The molecule has 0 aromatic heterocycles. The van der Waals surface area contributed by atoms with Crippen LogP contribution in [-0.2, 0) is 34.6 Å². The number of hydrogen-bond acceptors (Lipinski definition) is 7. The third kappa shape index (κ3) is 8.64. The fourth-order valence-corrected chi connectivity index (χ4v) is 2.60. The first-order valence-electron chi connectivity index (χ1n) is 4.97. The number of carbonyl (C=O) groups is 2. The molecule has 0 aromatic carbocycles. The van der Waals surface area contributed by atoms with Crippen LogP contribution < -0.4 is 0 Å². The Morgan fingerprint density at radius 1 is 0.895 bits per heavy atom. The highest BCUT2D eigenvalue weighted by Crippen LogP contribution is 2.07. The van der Waals surface area contributed by atoms with E-state index < -0.39 is 55.5 Å². The van der Waals surface area contributed by atoms with Gasteiger partial charge in [0.25, 0.3) is 20.2 Å². The third-order valence-electron chi connectivity index (χ3n) is 1.93. The van der Waals surface area contributed by atoms with Crippen molar-refractivity contribution in [3.8, 4) is 0 Å². The molecule has 9 nitrogen and oxygen atoms in total. The SMILES string of the molecule is CC(CS(=O)(=O)O)C(=O)OC(=O)C(C)CS(=O)(=O)O. The minimum Gasteiger partial charge on any atom is -0.393 e. The molecule has 19 heavy (non-hydrogen) atoms. The Balaban J connectivity index is 4.53. The van der Waals surface area contributed by atoms with E-state index in [-0.39, 0.29) is 0 Å². The van der Waals surface area contributed by atoms with Gasteiger partial charge in [0, 0.05) is 0 Å². The topological polar surface area (TPSA) is 152 Å². The summed E-state index contributed by atoms with van der Waals surface area (Å²) in [4.78, 5) is 22.5. The quantitative estimate of drug-likeness (QED) is 0.360. The van der Waals surface area contributed by atoms with Crippen LogP contribution in [0.4, 0.5) is 0 Å². The molecule has 0 saturated carbocycles. The maximum absolute atomic E-state index is 11.3. The van der Waals surface area contributed by atoms with Crippen molar-refractivity contribution in [2.24, 2.45) is 11.8 Å². The molecule has 2 unspecified atom stereocenters. The third-order valence-corrected chi connectivity index (χ3v) is 3.77. The molecular formula is C8H14O9S2. The van der Waals surface area contributed by atoms with E-state index in [1.807, 2.05) is 0 Å². The summed E-state index contributed by atoms with van der Waals surface area (Å²) in [5, 5.41) is 0. The lowest BCUT2D eigenvalue weighted by Crippen LogP contribution is -2.30. The Morgan fingerprint density at radius 2 is 1.16 bits per heavy atom. The van der Waals surface area contributed by atoms with Crippen LogP contribution in [0.25, 0.3) is 0 Å². The first kappa shape index (κ1) is 18.0. The fraction of sp³-hybridized carbons (Fsp3) is 0.750. The number of hydrogen-bond donors (Lipinski definition) is 2. The van der Waals surface area contributed by atoms with Crippen molar-refractivity contribution in [3.63, 3.8) is 0 Å². The number of ether oxygens (including phenoxy) is 1. The van der Waals surface area contributed by atoms with Crippen LogP contribution in [0.15, 0.2) is 0 Å². The van der Waals surface area contributed by atoms with Gasteiger partial charge in [0.1, 0.15) is 0 Å². The van der Waals surface area contributed by atoms with Gasteiger partial charge in [-0.2, -0.15) is 16.8 Å². The van der Waals surface area contributed by atoms with E-state index in [1.165, 1.54) is 0 Å². The first-order chi connectivity index (χ1) is 8.32. The number of esters is 2. The van der Waals surface area contributed by atoms with E-state index in [0.717, 1.165) is 13.8 Å². The van der Waals surface area contributed by atoms with Crippen LogP contribution >= 0.6 is 0 Å². The molecule has 0 aromatic rings. The van der Waals surface area contributed by atoms with Gasteiger partial charge in [-0.1, -0.05) is 13.8 Å². The highest BCUT2D eigenvalue weighted by Gasteiger charge is 2.27. The second-order valence-corrected chi connectivity index (χ2v) is 7.03. The average molecular weight is 318 g/mol. The van der Waals surface area contributed by atoms with Crippen LogP contribution in [0.3, 0.4) is 0 Å². The molecule has 0 saturated heterocycles. The van der Waals surface area contributed by atoms with Crippen molar-refractivity contribution in [2.75, 3.05) is 11.5 Å². The van der Waals surface area contributed by atoms with E-state index in [2.05, 4.69) is 4.74 Å². The summed E-state index contributed by atoms with van der Waals surface area (Å²) in [7, 11) is -8.80. The van der Waals surface area contributed by atoms with Gasteiger partial charge in [0.05, 0.1) is 23.3 Å². The van der Waals surface area contributed by atoms with Crippen molar-refractivity contribution in [3.05, 3.63) is 0 Å². The predicted octanol–water partition coefficient (Wildman–Crippen LogP) is -0.896. The molecule has 0 amide bonds. The second-order valence-electron chi connectivity index (χ2n) is 4.04.